The number of amides is 2. The number of benzene rings is 1. The zero-order valence-corrected chi connectivity index (χ0v) is 13.8. The Hall–Kier alpha value is -2.90. The van der Waals surface area contributed by atoms with E-state index in [0.717, 1.165) is 0 Å². The van der Waals surface area contributed by atoms with Crippen LogP contribution in [0, 0.1) is 5.82 Å². The Morgan fingerprint density at radius 1 is 1.33 bits per heavy atom. The number of rotatable bonds is 6. The topological polar surface area (TPSA) is 79.4 Å². The summed E-state index contributed by atoms with van der Waals surface area (Å²) in [5.74, 6) is 0.599. The molecule has 1 heterocycles. The summed E-state index contributed by atoms with van der Waals surface area (Å²) in [4.78, 5) is 21.9. The molecule has 2 aromatic rings. The number of hydrogen-bond acceptors (Lipinski definition) is 5. The second-order valence-electron chi connectivity index (χ2n) is 5.43. The molecule has 0 aliphatic rings. The zero-order valence-electron chi connectivity index (χ0n) is 13.8. The molecule has 7 nitrogen and oxygen atoms in total. The van der Waals surface area contributed by atoms with Gasteiger partial charge >= 0.3 is 6.03 Å². The van der Waals surface area contributed by atoms with Crippen molar-refractivity contribution in [3.63, 3.8) is 0 Å². The van der Waals surface area contributed by atoms with E-state index in [0.29, 0.717) is 17.4 Å². The average molecular weight is 333 g/mol. The van der Waals surface area contributed by atoms with E-state index in [1.165, 1.54) is 24.5 Å². The van der Waals surface area contributed by atoms with Gasteiger partial charge in [-0.05, 0) is 19.1 Å². The molecule has 0 aliphatic carbocycles. The van der Waals surface area contributed by atoms with Crippen molar-refractivity contribution in [2.45, 2.75) is 13.0 Å². The van der Waals surface area contributed by atoms with E-state index < -0.39 is 6.03 Å². The van der Waals surface area contributed by atoms with Crippen molar-refractivity contribution in [2.24, 2.45) is 0 Å². The first-order valence-electron chi connectivity index (χ1n) is 7.39. The van der Waals surface area contributed by atoms with Crippen LogP contribution >= 0.6 is 0 Å². The summed E-state index contributed by atoms with van der Waals surface area (Å²) in [7, 11) is 3.66. The highest BCUT2D eigenvalue weighted by Crippen LogP contribution is 2.12. The molecule has 0 bridgehead atoms. The van der Waals surface area contributed by atoms with Crippen LogP contribution in [0.1, 0.15) is 6.92 Å². The third kappa shape index (κ3) is 5.38. The summed E-state index contributed by atoms with van der Waals surface area (Å²) in [6.07, 6.45) is 3.05. The highest BCUT2D eigenvalue weighted by molar-refractivity contribution is 5.89. The van der Waals surface area contributed by atoms with E-state index in [-0.39, 0.29) is 18.5 Å². The maximum absolute atomic E-state index is 13.0. The SMILES string of the molecule is CC(COc1cccc(F)c1)NC(=O)Nc1cnc(N(C)C)nc1. The fourth-order valence-corrected chi connectivity index (χ4v) is 1.83. The second kappa shape index (κ2) is 8.09. The largest absolute Gasteiger partial charge is 0.491 e. The lowest BCUT2D eigenvalue weighted by Gasteiger charge is -2.16. The van der Waals surface area contributed by atoms with Crippen molar-refractivity contribution in [3.05, 3.63) is 42.5 Å². The van der Waals surface area contributed by atoms with Crippen molar-refractivity contribution < 1.29 is 13.9 Å². The van der Waals surface area contributed by atoms with Crippen molar-refractivity contribution >= 4 is 17.7 Å². The Balaban J connectivity index is 1.78. The van der Waals surface area contributed by atoms with E-state index in [1.54, 1.807) is 24.0 Å². The summed E-state index contributed by atoms with van der Waals surface area (Å²) in [5.41, 5.74) is 0.483. The summed E-state index contributed by atoms with van der Waals surface area (Å²) >= 11 is 0. The van der Waals surface area contributed by atoms with Crippen molar-refractivity contribution in [1.82, 2.24) is 15.3 Å². The van der Waals surface area contributed by atoms with Gasteiger partial charge < -0.3 is 20.3 Å². The highest BCUT2D eigenvalue weighted by Gasteiger charge is 2.09. The average Bonchev–Trinajstić information content (AvgIpc) is 2.53. The van der Waals surface area contributed by atoms with E-state index >= 15 is 0 Å². The maximum Gasteiger partial charge on any atom is 0.319 e. The van der Waals surface area contributed by atoms with Crippen LogP contribution in [-0.2, 0) is 0 Å². The lowest BCUT2D eigenvalue weighted by Crippen LogP contribution is -2.39. The third-order valence-electron chi connectivity index (χ3n) is 2.97. The molecule has 24 heavy (non-hydrogen) atoms. The molecule has 2 N–H and O–H groups in total. The Labute approximate surface area is 139 Å². The molecular weight excluding hydrogens is 313 g/mol. The Morgan fingerprint density at radius 2 is 2.04 bits per heavy atom. The van der Waals surface area contributed by atoms with E-state index in [1.807, 2.05) is 14.1 Å². The van der Waals surface area contributed by atoms with Crippen molar-refractivity contribution in [2.75, 3.05) is 30.9 Å². The van der Waals surface area contributed by atoms with Crippen LogP contribution in [0.15, 0.2) is 36.7 Å². The van der Waals surface area contributed by atoms with Crippen LogP contribution in [-0.4, -0.2) is 42.7 Å². The molecule has 0 aliphatic heterocycles. The molecule has 0 radical (unpaired) electrons. The number of urea groups is 1. The molecule has 2 amide bonds. The van der Waals surface area contributed by atoms with Crippen LogP contribution < -0.4 is 20.3 Å². The van der Waals surface area contributed by atoms with Gasteiger partial charge in [-0.25, -0.2) is 19.2 Å². The standard InChI is InChI=1S/C16H20FN5O2/c1-11(10-24-14-6-4-5-12(17)7-14)20-16(23)21-13-8-18-15(19-9-13)22(2)3/h4-9,11H,10H2,1-3H3,(H2,20,21,23). The number of carbonyl (C=O) groups is 1. The monoisotopic (exact) mass is 333 g/mol. The van der Waals surface area contributed by atoms with Gasteiger partial charge in [0.25, 0.3) is 0 Å². The second-order valence-corrected chi connectivity index (χ2v) is 5.43. The molecule has 2 rings (SSSR count). The molecule has 8 heteroatoms. The zero-order chi connectivity index (χ0) is 17.5. The smallest absolute Gasteiger partial charge is 0.319 e. The minimum Gasteiger partial charge on any atom is -0.491 e. The van der Waals surface area contributed by atoms with Crippen molar-refractivity contribution in [1.29, 1.82) is 0 Å². The number of halogens is 1. The fraction of sp³-hybridized carbons (Fsp3) is 0.312. The molecule has 0 spiro atoms. The van der Waals surface area contributed by atoms with Gasteiger partial charge in [-0.3, -0.25) is 0 Å². The van der Waals surface area contributed by atoms with E-state index in [2.05, 4.69) is 20.6 Å². The molecule has 0 fully saturated rings. The van der Waals surface area contributed by atoms with Gasteiger partial charge in [0.2, 0.25) is 5.95 Å². The molecule has 1 unspecified atom stereocenters. The molecule has 1 aromatic heterocycles. The van der Waals surface area contributed by atoms with Crippen LogP contribution in [0.25, 0.3) is 0 Å². The minimum atomic E-state index is -0.397. The Morgan fingerprint density at radius 3 is 2.67 bits per heavy atom. The van der Waals surface area contributed by atoms with E-state index in [4.69, 9.17) is 4.74 Å². The molecule has 1 atom stereocenters. The number of nitrogens with one attached hydrogen (secondary N) is 2. The first-order chi connectivity index (χ1) is 11.4. The first-order valence-corrected chi connectivity index (χ1v) is 7.39. The van der Waals surface area contributed by atoms with Crippen LogP contribution in [0.4, 0.5) is 20.8 Å². The van der Waals surface area contributed by atoms with Gasteiger partial charge in [0.1, 0.15) is 18.2 Å². The summed E-state index contributed by atoms with van der Waals surface area (Å²) in [5, 5.41) is 5.35. The Bertz CT molecular complexity index is 678. The summed E-state index contributed by atoms with van der Waals surface area (Å²) < 4.78 is 18.5. The number of aromatic nitrogens is 2. The molecule has 1 aromatic carbocycles. The van der Waals surface area contributed by atoms with Crippen LogP contribution in [0.2, 0.25) is 0 Å². The molecule has 0 saturated carbocycles. The molecule has 128 valence electrons. The number of ether oxygens (including phenoxy) is 1. The number of hydrogen-bond donors (Lipinski definition) is 2. The van der Waals surface area contributed by atoms with Gasteiger partial charge in [-0.1, -0.05) is 6.07 Å². The minimum absolute atomic E-state index is 0.215. The molecular formula is C16H20FN5O2. The van der Waals surface area contributed by atoms with Gasteiger partial charge in [-0.15, -0.1) is 0 Å². The van der Waals surface area contributed by atoms with Gasteiger partial charge in [-0.2, -0.15) is 0 Å². The maximum atomic E-state index is 13.0. The third-order valence-corrected chi connectivity index (χ3v) is 2.97. The predicted octanol–water partition coefficient (Wildman–Crippen LogP) is 2.27. The van der Waals surface area contributed by atoms with Gasteiger partial charge in [0.15, 0.2) is 0 Å². The first kappa shape index (κ1) is 17.5. The van der Waals surface area contributed by atoms with E-state index in [9.17, 15) is 9.18 Å². The Kier molecular flexibility index (Phi) is 5.89. The lowest BCUT2D eigenvalue weighted by atomic mass is 10.3. The van der Waals surface area contributed by atoms with Gasteiger partial charge in [0.05, 0.1) is 24.1 Å². The number of carbonyl (C=O) groups excluding carboxylic acids is 1. The molecule has 0 saturated heterocycles. The summed E-state index contributed by atoms with van der Waals surface area (Å²) in [6.45, 7) is 2.00. The quantitative estimate of drug-likeness (QED) is 0.848. The van der Waals surface area contributed by atoms with Crippen LogP contribution in [0.3, 0.4) is 0 Å². The van der Waals surface area contributed by atoms with Crippen molar-refractivity contribution in [3.8, 4) is 5.75 Å². The van der Waals surface area contributed by atoms with Gasteiger partial charge in [0, 0.05) is 20.2 Å². The van der Waals surface area contributed by atoms with Crippen LogP contribution in [0.5, 0.6) is 5.75 Å². The number of nitrogens with zero attached hydrogens (tertiary/aromatic N) is 3. The predicted molar refractivity (Wildman–Crippen MR) is 89.9 cm³/mol. The normalized spacial score (nSPS) is 11.5. The fourth-order valence-electron chi connectivity index (χ4n) is 1.83. The number of anilines is 2. The summed E-state index contributed by atoms with van der Waals surface area (Å²) in [6, 6.07) is 5.18. The highest BCUT2D eigenvalue weighted by atomic mass is 19.1. The lowest BCUT2D eigenvalue weighted by molar-refractivity contribution is 0.236.